The van der Waals surface area contributed by atoms with E-state index in [1.54, 1.807) is 12.1 Å². The molecule has 3 atom stereocenters. The summed E-state index contributed by atoms with van der Waals surface area (Å²) >= 11 is 0. The van der Waals surface area contributed by atoms with Gasteiger partial charge in [0.05, 0.1) is 16.6 Å². The highest BCUT2D eigenvalue weighted by atomic mass is 16.5. The van der Waals surface area contributed by atoms with Crippen molar-refractivity contribution in [1.82, 2.24) is 9.97 Å². The fraction of sp³-hybridized carbons (Fsp3) is 0.417. The van der Waals surface area contributed by atoms with Gasteiger partial charge in [-0.1, -0.05) is 27.2 Å². The highest BCUT2D eigenvalue weighted by molar-refractivity contribution is 5.87. The molecule has 0 amide bonds. The Morgan fingerprint density at radius 1 is 1.13 bits per heavy atom. The fourth-order valence-corrected chi connectivity index (χ4v) is 4.28. The van der Waals surface area contributed by atoms with E-state index in [0.717, 1.165) is 17.5 Å². The third-order valence-corrected chi connectivity index (χ3v) is 5.99. The van der Waals surface area contributed by atoms with Crippen molar-refractivity contribution in [2.24, 2.45) is 17.8 Å². The summed E-state index contributed by atoms with van der Waals surface area (Å²) in [5.74, 6) is 2.04. The molecule has 0 saturated heterocycles. The van der Waals surface area contributed by atoms with Crippen LogP contribution in [-0.2, 0) is 0 Å². The summed E-state index contributed by atoms with van der Waals surface area (Å²) < 4.78 is 12.2. The minimum atomic E-state index is -0.959. The van der Waals surface area contributed by atoms with Crippen molar-refractivity contribution in [3.05, 3.63) is 48.0 Å². The van der Waals surface area contributed by atoms with Crippen LogP contribution in [0.3, 0.4) is 0 Å². The Balaban J connectivity index is 1.50. The zero-order valence-corrected chi connectivity index (χ0v) is 17.6. The van der Waals surface area contributed by atoms with Crippen molar-refractivity contribution >= 4 is 17.0 Å². The smallest absolute Gasteiger partial charge is 0.335 e. The van der Waals surface area contributed by atoms with Crippen LogP contribution in [0.1, 0.15) is 50.4 Å². The molecule has 6 heteroatoms. The number of nitrogens with one attached hydrogen (secondary N) is 1. The third kappa shape index (κ3) is 4.42. The number of carboxylic acids is 1. The van der Waals surface area contributed by atoms with Gasteiger partial charge in [-0.15, -0.1) is 0 Å². The van der Waals surface area contributed by atoms with Crippen LogP contribution in [0.15, 0.2) is 42.5 Å². The van der Waals surface area contributed by atoms with Crippen molar-refractivity contribution in [3.63, 3.8) is 0 Å². The lowest BCUT2D eigenvalue weighted by Crippen LogP contribution is -2.36. The lowest BCUT2D eigenvalue weighted by Gasteiger charge is -2.36. The van der Waals surface area contributed by atoms with Crippen LogP contribution < -0.4 is 9.47 Å². The first kappa shape index (κ1) is 20.3. The monoisotopic (exact) mass is 408 g/mol. The molecule has 1 heterocycles. The fourth-order valence-electron chi connectivity index (χ4n) is 4.28. The number of aromatic amines is 1. The van der Waals surface area contributed by atoms with E-state index in [0.29, 0.717) is 35.3 Å². The molecule has 0 bridgehead atoms. The van der Waals surface area contributed by atoms with Gasteiger partial charge in [0, 0.05) is 6.07 Å². The quantitative estimate of drug-likeness (QED) is 0.531. The molecule has 1 aliphatic rings. The van der Waals surface area contributed by atoms with E-state index in [1.807, 2.05) is 18.2 Å². The molecule has 1 fully saturated rings. The summed E-state index contributed by atoms with van der Waals surface area (Å²) in [6.45, 7) is 6.82. The maximum atomic E-state index is 11.0. The second-order valence-corrected chi connectivity index (χ2v) is 8.63. The van der Waals surface area contributed by atoms with E-state index >= 15 is 0 Å². The molecule has 30 heavy (non-hydrogen) atoms. The number of ether oxygens (including phenoxy) is 2. The Bertz CT molecular complexity index is 1030. The first-order chi connectivity index (χ1) is 14.4. The molecule has 2 N–H and O–H groups in total. The Hall–Kier alpha value is -3.02. The van der Waals surface area contributed by atoms with Crippen molar-refractivity contribution in [1.29, 1.82) is 0 Å². The highest BCUT2D eigenvalue weighted by Crippen LogP contribution is 2.36. The topological polar surface area (TPSA) is 84.4 Å². The standard InChI is InChI=1S/C24H28N2O4/c1-14(2)19-10-4-15(3)12-22(19)30-24-25-20-11-9-18(13-21(20)26-24)29-17-7-5-16(6-8-17)23(27)28/h5-9,11,13-15,19,22H,4,10,12H2,1-3H3,(H,25,26)(H,27,28). The van der Waals surface area contributed by atoms with Gasteiger partial charge in [-0.05, 0) is 67.0 Å². The molecule has 1 aromatic heterocycles. The predicted molar refractivity (Wildman–Crippen MR) is 115 cm³/mol. The number of fused-ring (bicyclic) bond motifs is 1. The number of nitrogens with zero attached hydrogens (tertiary/aromatic N) is 1. The molecule has 3 aromatic rings. The van der Waals surface area contributed by atoms with Gasteiger partial charge in [-0.2, -0.15) is 4.98 Å². The first-order valence-electron chi connectivity index (χ1n) is 10.6. The molecule has 0 radical (unpaired) electrons. The number of H-pyrrole nitrogens is 1. The maximum Gasteiger partial charge on any atom is 0.335 e. The van der Waals surface area contributed by atoms with Gasteiger partial charge in [-0.25, -0.2) is 4.79 Å². The summed E-state index contributed by atoms with van der Waals surface area (Å²) in [5.41, 5.74) is 1.89. The van der Waals surface area contributed by atoms with Gasteiger partial charge in [0.2, 0.25) is 0 Å². The second kappa shape index (κ2) is 8.38. The van der Waals surface area contributed by atoms with Gasteiger partial charge in [-0.3, -0.25) is 0 Å². The molecule has 1 saturated carbocycles. The Morgan fingerprint density at radius 3 is 2.57 bits per heavy atom. The van der Waals surface area contributed by atoms with Gasteiger partial charge in [0.25, 0.3) is 6.01 Å². The molecule has 0 spiro atoms. The SMILES string of the molecule is CC1CCC(C(C)C)C(Oc2nc3cc(Oc4ccc(C(=O)O)cc4)ccc3[nH]2)C1. The van der Waals surface area contributed by atoms with Crippen LogP contribution in [0, 0.1) is 17.8 Å². The number of hydrogen-bond donors (Lipinski definition) is 2. The first-order valence-corrected chi connectivity index (χ1v) is 10.6. The normalized spacial score (nSPS) is 21.7. The molecule has 3 unspecified atom stereocenters. The number of carbonyl (C=O) groups is 1. The molecule has 4 rings (SSSR count). The third-order valence-electron chi connectivity index (χ3n) is 5.99. The molecule has 1 aliphatic carbocycles. The number of benzene rings is 2. The lowest BCUT2D eigenvalue weighted by atomic mass is 9.75. The van der Waals surface area contributed by atoms with Crippen LogP contribution in [0.2, 0.25) is 0 Å². The van der Waals surface area contributed by atoms with E-state index in [4.69, 9.17) is 14.6 Å². The summed E-state index contributed by atoms with van der Waals surface area (Å²) in [7, 11) is 0. The largest absolute Gasteiger partial charge is 0.478 e. The van der Waals surface area contributed by atoms with Crippen LogP contribution in [0.5, 0.6) is 17.5 Å². The number of hydrogen-bond acceptors (Lipinski definition) is 4. The minimum absolute atomic E-state index is 0.179. The average molecular weight is 408 g/mol. The average Bonchev–Trinajstić information content (AvgIpc) is 3.09. The van der Waals surface area contributed by atoms with E-state index < -0.39 is 5.97 Å². The van der Waals surface area contributed by atoms with Gasteiger partial charge in [0.15, 0.2) is 0 Å². The molecular weight excluding hydrogens is 380 g/mol. The predicted octanol–water partition coefficient (Wildman–Crippen LogP) is 5.89. The lowest BCUT2D eigenvalue weighted by molar-refractivity contribution is 0.0399. The van der Waals surface area contributed by atoms with Gasteiger partial charge < -0.3 is 19.6 Å². The van der Waals surface area contributed by atoms with Crippen LogP contribution >= 0.6 is 0 Å². The van der Waals surface area contributed by atoms with E-state index in [9.17, 15) is 4.79 Å². The number of carboxylic acid groups (broad SMARTS) is 1. The van der Waals surface area contributed by atoms with Crippen molar-refractivity contribution in [3.8, 4) is 17.5 Å². The maximum absolute atomic E-state index is 11.0. The molecule has 158 valence electrons. The van der Waals surface area contributed by atoms with Crippen molar-refractivity contribution in [2.75, 3.05) is 0 Å². The zero-order valence-electron chi connectivity index (χ0n) is 17.6. The molecule has 0 aliphatic heterocycles. The van der Waals surface area contributed by atoms with Crippen molar-refractivity contribution < 1.29 is 19.4 Å². The Kier molecular flexibility index (Phi) is 5.66. The molecular formula is C24H28N2O4. The summed E-state index contributed by atoms with van der Waals surface area (Å²) in [6, 6.07) is 12.5. The highest BCUT2D eigenvalue weighted by Gasteiger charge is 2.32. The van der Waals surface area contributed by atoms with Crippen LogP contribution in [-0.4, -0.2) is 27.1 Å². The zero-order chi connectivity index (χ0) is 21.3. The Morgan fingerprint density at radius 2 is 1.87 bits per heavy atom. The van der Waals surface area contributed by atoms with Crippen LogP contribution in [0.25, 0.3) is 11.0 Å². The number of aromatic carboxylic acids is 1. The van der Waals surface area contributed by atoms with E-state index in [1.165, 1.54) is 25.0 Å². The minimum Gasteiger partial charge on any atom is -0.478 e. The molecule has 6 nitrogen and oxygen atoms in total. The van der Waals surface area contributed by atoms with E-state index in [2.05, 4.69) is 30.7 Å². The van der Waals surface area contributed by atoms with Gasteiger partial charge in [0.1, 0.15) is 17.6 Å². The summed E-state index contributed by atoms with van der Waals surface area (Å²) in [4.78, 5) is 18.9. The van der Waals surface area contributed by atoms with Crippen molar-refractivity contribution in [2.45, 2.75) is 46.1 Å². The Labute approximate surface area is 176 Å². The molecule has 2 aromatic carbocycles. The second-order valence-electron chi connectivity index (χ2n) is 8.63. The number of rotatable bonds is 6. The number of aromatic nitrogens is 2. The summed E-state index contributed by atoms with van der Waals surface area (Å²) in [6.07, 6.45) is 3.69. The van der Waals surface area contributed by atoms with E-state index in [-0.39, 0.29) is 11.7 Å². The van der Waals surface area contributed by atoms with Gasteiger partial charge >= 0.3 is 5.97 Å². The number of imidazole rings is 1. The van der Waals surface area contributed by atoms with Crippen LogP contribution in [0.4, 0.5) is 0 Å². The summed E-state index contributed by atoms with van der Waals surface area (Å²) in [5, 5.41) is 9.00.